The number of benzene rings is 2. The zero-order chi connectivity index (χ0) is 15.0. The van der Waals surface area contributed by atoms with Crippen molar-refractivity contribution in [2.45, 2.75) is 20.8 Å². The largest absolute Gasteiger partial charge is 0.457 e. The molecular weight excluding hydrogens is 262 g/mol. The summed E-state index contributed by atoms with van der Waals surface area (Å²) in [5.74, 6) is 1.56. The predicted molar refractivity (Wildman–Crippen MR) is 85.3 cm³/mol. The topological polar surface area (TPSA) is 42.1 Å². The smallest absolute Gasteiger partial charge is 0.189 e. The molecule has 1 N–H and O–H groups in total. The summed E-state index contributed by atoms with van der Waals surface area (Å²) in [4.78, 5) is 14.8. The van der Waals surface area contributed by atoms with Crippen molar-refractivity contribution in [3.05, 3.63) is 69.5 Å². The minimum atomic E-state index is 0.0117. The molecule has 0 radical (unpaired) electrons. The van der Waals surface area contributed by atoms with Crippen LogP contribution in [0.1, 0.15) is 16.7 Å². The third-order valence-corrected chi connectivity index (χ3v) is 3.97. The van der Waals surface area contributed by atoms with Gasteiger partial charge >= 0.3 is 0 Å². The van der Waals surface area contributed by atoms with Gasteiger partial charge in [0.15, 0.2) is 5.43 Å². The third-order valence-electron chi connectivity index (χ3n) is 3.97. The summed E-state index contributed by atoms with van der Waals surface area (Å²) < 4.78 is 5.97. The van der Waals surface area contributed by atoms with Crippen LogP contribution in [0.5, 0.6) is 11.5 Å². The van der Waals surface area contributed by atoms with E-state index in [1.807, 2.05) is 18.2 Å². The second-order valence-corrected chi connectivity index (χ2v) is 5.28. The first-order valence-electron chi connectivity index (χ1n) is 6.92. The minimum absolute atomic E-state index is 0.0117. The van der Waals surface area contributed by atoms with E-state index in [9.17, 15) is 4.79 Å². The van der Waals surface area contributed by atoms with E-state index in [2.05, 4.69) is 31.8 Å². The molecule has 1 aromatic heterocycles. The summed E-state index contributed by atoms with van der Waals surface area (Å²) in [6.07, 6.45) is 1.65. The van der Waals surface area contributed by atoms with E-state index in [1.54, 1.807) is 12.3 Å². The molecule has 0 bridgehead atoms. The van der Waals surface area contributed by atoms with Crippen molar-refractivity contribution in [2.24, 2.45) is 0 Å². The zero-order valence-corrected chi connectivity index (χ0v) is 12.4. The Bertz CT molecular complexity index is 878. The van der Waals surface area contributed by atoms with Crippen LogP contribution in [-0.4, -0.2) is 4.98 Å². The number of ether oxygens (including phenoxy) is 1. The SMILES string of the molecule is Cc1ccc(Oc2ccc3c(=O)cc[nH]c3c2)c(C)c1C. The van der Waals surface area contributed by atoms with Crippen LogP contribution in [0.4, 0.5) is 0 Å². The number of H-pyrrole nitrogens is 1. The number of hydrogen-bond acceptors (Lipinski definition) is 2. The molecule has 0 amide bonds. The van der Waals surface area contributed by atoms with Crippen molar-refractivity contribution in [1.82, 2.24) is 4.98 Å². The Labute approximate surface area is 123 Å². The van der Waals surface area contributed by atoms with Crippen molar-refractivity contribution >= 4 is 10.9 Å². The lowest BCUT2D eigenvalue weighted by Gasteiger charge is -2.12. The molecule has 3 rings (SSSR count). The van der Waals surface area contributed by atoms with Gasteiger partial charge in [0.2, 0.25) is 0 Å². The van der Waals surface area contributed by atoms with E-state index in [1.165, 1.54) is 17.2 Å². The summed E-state index contributed by atoms with van der Waals surface area (Å²) in [6.45, 7) is 6.24. The predicted octanol–water partition coefficient (Wildman–Crippen LogP) is 4.25. The molecule has 0 atom stereocenters. The van der Waals surface area contributed by atoms with E-state index < -0.39 is 0 Å². The highest BCUT2D eigenvalue weighted by molar-refractivity contribution is 5.79. The van der Waals surface area contributed by atoms with Gasteiger partial charge in [-0.05, 0) is 55.7 Å². The van der Waals surface area contributed by atoms with Gasteiger partial charge in [-0.25, -0.2) is 0 Å². The molecule has 3 heteroatoms. The highest BCUT2D eigenvalue weighted by atomic mass is 16.5. The Morgan fingerprint density at radius 3 is 2.57 bits per heavy atom. The second-order valence-electron chi connectivity index (χ2n) is 5.28. The van der Waals surface area contributed by atoms with E-state index in [-0.39, 0.29) is 5.43 Å². The number of pyridine rings is 1. The van der Waals surface area contributed by atoms with Crippen molar-refractivity contribution in [3.63, 3.8) is 0 Å². The van der Waals surface area contributed by atoms with Gasteiger partial charge in [-0.1, -0.05) is 6.07 Å². The number of aromatic amines is 1. The molecule has 0 spiro atoms. The molecule has 0 aliphatic carbocycles. The molecule has 0 saturated heterocycles. The number of fused-ring (bicyclic) bond motifs is 1. The molecule has 3 nitrogen and oxygen atoms in total. The number of aryl methyl sites for hydroxylation is 1. The van der Waals surface area contributed by atoms with Crippen molar-refractivity contribution < 1.29 is 4.74 Å². The Kier molecular flexibility index (Phi) is 3.26. The molecule has 0 fully saturated rings. The molecular formula is C18H17NO2. The molecule has 0 saturated carbocycles. The van der Waals surface area contributed by atoms with Crippen LogP contribution in [0.2, 0.25) is 0 Å². The van der Waals surface area contributed by atoms with Crippen LogP contribution in [0.3, 0.4) is 0 Å². The van der Waals surface area contributed by atoms with E-state index in [4.69, 9.17) is 4.74 Å². The first kappa shape index (κ1) is 13.4. The van der Waals surface area contributed by atoms with Crippen molar-refractivity contribution in [1.29, 1.82) is 0 Å². The van der Waals surface area contributed by atoms with E-state index in [0.29, 0.717) is 5.39 Å². The normalized spacial score (nSPS) is 10.8. The average molecular weight is 279 g/mol. The first-order valence-corrected chi connectivity index (χ1v) is 6.92. The molecule has 0 unspecified atom stereocenters. The molecule has 2 aromatic carbocycles. The van der Waals surface area contributed by atoms with Crippen LogP contribution < -0.4 is 10.2 Å². The maximum Gasteiger partial charge on any atom is 0.189 e. The van der Waals surface area contributed by atoms with Gasteiger partial charge in [0.05, 0.1) is 5.52 Å². The highest BCUT2D eigenvalue weighted by Gasteiger charge is 2.07. The Balaban J connectivity index is 2.03. The standard InChI is InChI=1S/C18H17NO2/c1-11-4-7-18(13(3)12(11)2)21-14-5-6-15-16(10-14)19-9-8-17(15)20/h4-10H,1-3H3,(H,19,20). The fourth-order valence-electron chi connectivity index (χ4n) is 2.39. The number of rotatable bonds is 2. The molecule has 0 aliphatic heterocycles. The fourth-order valence-corrected chi connectivity index (χ4v) is 2.39. The maximum absolute atomic E-state index is 11.7. The zero-order valence-electron chi connectivity index (χ0n) is 12.4. The maximum atomic E-state index is 11.7. The van der Waals surface area contributed by atoms with Crippen molar-refractivity contribution in [3.8, 4) is 11.5 Å². The third kappa shape index (κ3) is 2.42. The van der Waals surface area contributed by atoms with Gasteiger partial charge in [0.1, 0.15) is 11.5 Å². The van der Waals surface area contributed by atoms with Gasteiger partial charge in [-0.15, -0.1) is 0 Å². The van der Waals surface area contributed by atoms with Crippen LogP contribution >= 0.6 is 0 Å². The van der Waals surface area contributed by atoms with Crippen molar-refractivity contribution in [2.75, 3.05) is 0 Å². The van der Waals surface area contributed by atoms with E-state index in [0.717, 1.165) is 22.6 Å². The molecule has 0 aliphatic rings. The monoisotopic (exact) mass is 279 g/mol. The summed E-state index contributed by atoms with van der Waals surface area (Å²) >= 11 is 0. The van der Waals surface area contributed by atoms with Crippen LogP contribution in [0.25, 0.3) is 10.9 Å². The van der Waals surface area contributed by atoms with Crippen LogP contribution in [-0.2, 0) is 0 Å². The Morgan fingerprint density at radius 1 is 0.952 bits per heavy atom. The second kappa shape index (κ2) is 5.09. The van der Waals surface area contributed by atoms with Gasteiger partial charge in [0.25, 0.3) is 0 Å². The fraction of sp³-hybridized carbons (Fsp3) is 0.167. The van der Waals surface area contributed by atoms with Gasteiger partial charge < -0.3 is 9.72 Å². The molecule has 106 valence electrons. The van der Waals surface area contributed by atoms with Gasteiger partial charge in [-0.3, -0.25) is 4.79 Å². The summed E-state index contributed by atoms with van der Waals surface area (Å²) in [5.41, 5.74) is 4.42. The lowest BCUT2D eigenvalue weighted by atomic mass is 10.0. The van der Waals surface area contributed by atoms with E-state index >= 15 is 0 Å². The lowest BCUT2D eigenvalue weighted by molar-refractivity contribution is 0.479. The quantitative estimate of drug-likeness (QED) is 0.762. The number of hydrogen-bond donors (Lipinski definition) is 1. The lowest BCUT2D eigenvalue weighted by Crippen LogP contribution is -2.00. The Hall–Kier alpha value is -2.55. The Morgan fingerprint density at radius 2 is 1.76 bits per heavy atom. The first-order chi connectivity index (χ1) is 10.1. The number of aromatic nitrogens is 1. The van der Waals surface area contributed by atoms with Gasteiger partial charge in [0, 0.05) is 23.7 Å². The average Bonchev–Trinajstić information content (AvgIpc) is 2.48. The van der Waals surface area contributed by atoms with Crippen LogP contribution in [0, 0.1) is 20.8 Å². The van der Waals surface area contributed by atoms with Gasteiger partial charge in [-0.2, -0.15) is 0 Å². The molecule has 21 heavy (non-hydrogen) atoms. The summed E-state index contributed by atoms with van der Waals surface area (Å²) in [6, 6.07) is 11.0. The summed E-state index contributed by atoms with van der Waals surface area (Å²) in [7, 11) is 0. The van der Waals surface area contributed by atoms with Crippen LogP contribution in [0.15, 0.2) is 47.4 Å². The molecule has 1 heterocycles. The highest BCUT2D eigenvalue weighted by Crippen LogP contribution is 2.29. The number of nitrogens with one attached hydrogen (secondary N) is 1. The minimum Gasteiger partial charge on any atom is -0.457 e. The summed E-state index contributed by atoms with van der Waals surface area (Å²) in [5, 5.41) is 0.668. The molecule has 3 aromatic rings.